The topological polar surface area (TPSA) is 51.2 Å². The van der Waals surface area contributed by atoms with Crippen LogP contribution in [0.3, 0.4) is 0 Å². The van der Waals surface area contributed by atoms with Gasteiger partial charge >= 0.3 is 0 Å². The molecule has 0 heterocycles. The Hall–Kier alpha value is -2.08. The van der Waals surface area contributed by atoms with Crippen LogP contribution in [-0.4, -0.2) is 56.1 Å². The van der Waals surface area contributed by atoms with E-state index in [0.717, 1.165) is 18.0 Å². The first-order valence-corrected chi connectivity index (χ1v) is 9.01. The van der Waals surface area contributed by atoms with Crippen LogP contribution in [0.25, 0.3) is 0 Å². The molecule has 0 saturated carbocycles. The maximum Gasteiger partial charge on any atom is 0.119 e. The van der Waals surface area contributed by atoms with Crippen molar-refractivity contribution in [3.05, 3.63) is 60.2 Å². The molecule has 0 radical (unpaired) electrons. The van der Waals surface area contributed by atoms with Crippen LogP contribution < -0.4 is 9.47 Å². The summed E-state index contributed by atoms with van der Waals surface area (Å²) in [6.45, 7) is 5.40. The number of nitrogens with zero attached hydrogens (tertiary/aromatic N) is 1. The SMILES string of the molecule is CCOCCOc1ccc(CN(C)C[C@@H](O)COc2ccccc2)cc1. The summed E-state index contributed by atoms with van der Waals surface area (Å²) in [5.74, 6) is 1.61. The quantitative estimate of drug-likeness (QED) is 0.591. The van der Waals surface area contributed by atoms with Crippen LogP contribution in [0.4, 0.5) is 0 Å². The van der Waals surface area contributed by atoms with E-state index < -0.39 is 6.10 Å². The predicted molar refractivity (Wildman–Crippen MR) is 103 cm³/mol. The number of hydrogen-bond donors (Lipinski definition) is 1. The summed E-state index contributed by atoms with van der Waals surface area (Å²) in [4.78, 5) is 2.07. The van der Waals surface area contributed by atoms with E-state index in [4.69, 9.17) is 14.2 Å². The molecule has 2 rings (SSSR count). The first-order chi connectivity index (χ1) is 12.7. The van der Waals surface area contributed by atoms with E-state index in [1.54, 1.807) is 0 Å². The lowest BCUT2D eigenvalue weighted by Gasteiger charge is -2.21. The van der Waals surface area contributed by atoms with Gasteiger partial charge in [-0.1, -0.05) is 30.3 Å². The summed E-state index contributed by atoms with van der Waals surface area (Å²) in [6.07, 6.45) is -0.540. The number of para-hydroxylation sites is 1. The standard InChI is InChI=1S/C21H29NO4/c1-3-24-13-14-25-21-11-9-18(10-12-21)15-22(2)16-19(23)17-26-20-7-5-4-6-8-20/h4-12,19,23H,3,13-17H2,1-2H3/t19-/m1/s1. The summed E-state index contributed by atoms with van der Waals surface area (Å²) in [5, 5.41) is 10.1. The molecule has 26 heavy (non-hydrogen) atoms. The lowest BCUT2D eigenvalue weighted by molar-refractivity contribution is 0.0744. The molecule has 0 amide bonds. The van der Waals surface area contributed by atoms with Crippen LogP contribution in [0, 0.1) is 0 Å². The molecule has 1 atom stereocenters. The number of hydrogen-bond acceptors (Lipinski definition) is 5. The van der Waals surface area contributed by atoms with Gasteiger partial charge in [0.15, 0.2) is 0 Å². The second-order valence-corrected chi connectivity index (χ2v) is 6.16. The molecule has 0 aliphatic heterocycles. The summed E-state index contributed by atoms with van der Waals surface area (Å²) >= 11 is 0. The van der Waals surface area contributed by atoms with E-state index in [1.165, 1.54) is 5.56 Å². The molecule has 0 aromatic heterocycles. The van der Waals surface area contributed by atoms with Crippen LogP contribution in [0.15, 0.2) is 54.6 Å². The summed E-state index contributed by atoms with van der Waals surface area (Å²) in [6, 6.07) is 17.5. The van der Waals surface area contributed by atoms with Crippen molar-refractivity contribution in [2.45, 2.75) is 19.6 Å². The third-order valence-electron chi connectivity index (χ3n) is 3.78. The maximum absolute atomic E-state index is 10.1. The van der Waals surface area contributed by atoms with E-state index >= 15 is 0 Å². The van der Waals surface area contributed by atoms with Gasteiger partial charge in [0.1, 0.15) is 30.8 Å². The maximum atomic E-state index is 10.1. The molecule has 0 spiro atoms. The highest BCUT2D eigenvalue weighted by Gasteiger charge is 2.10. The zero-order valence-corrected chi connectivity index (χ0v) is 15.6. The van der Waals surface area contributed by atoms with Crippen molar-refractivity contribution >= 4 is 0 Å². The van der Waals surface area contributed by atoms with E-state index in [-0.39, 0.29) is 6.61 Å². The van der Waals surface area contributed by atoms with Crippen molar-refractivity contribution in [3.63, 3.8) is 0 Å². The fraction of sp³-hybridized carbons (Fsp3) is 0.429. The van der Waals surface area contributed by atoms with Crippen LogP contribution >= 0.6 is 0 Å². The second-order valence-electron chi connectivity index (χ2n) is 6.16. The Kier molecular flexibility index (Phi) is 8.96. The number of likely N-dealkylation sites (N-methyl/N-ethyl adjacent to an activating group) is 1. The largest absolute Gasteiger partial charge is 0.491 e. The first-order valence-electron chi connectivity index (χ1n) is 9.01. The van der Waals surface area contributed by atoms with Crippen molar-refractivity contribution in [2.24, 2.45) is 0 Å². The van der Waals surface area contributed by atoms with Gasteiger partial charge in [-0.05, 0) is 43.8 Å². The fourth-order valence-electron chi connectivity index (χ4n) is 2.55. The third kappa shape index (κ3) is 7.87. The smallest absolute Gasteiger partial charge is 0.119 e. The zero-order valence-electron chi connectivity index (χ0n) is 15.6. The fourth-order valence-corrected chi connectivity index (χ4v) is 2.55. The highest BCUT2D eigenvalue weighted by molar-refractivity contribution is 5.27. The monoisotopic (exact) mass is 359 g/mol. The average molecular weight is 359 g/mol. The molecular formula is C21H29NO4. The van der Waals surface area contributed by atoms with Gasteiger partial charge in [-0.2, -0.15) is 0 Å². The molecule has 0 unspecified atom stereocenters. The molecule has 0 aliphatic carbocycles. The zero-order chi connectivity index (χ0) is 18.6. The van der Waals surface area contributed by atoms with Gasteiger partial charge in [0, 0.05) is 19.7 Å². The number of benzene rings is 2. The van der Waals surface area contributed by atoms with Crippen LogP contribution in [0.2, 0.25) is 0 Å². The third-order valence-corrected chi connectivity index (χ3v) is 3.78. The van der Waals surface area contributed by atoms with E-state index in [1.807, 2.05) is 68.6 Å². The Morgan fingerprint density at radius 1 is 0.923 bits per heavy atom. The van der Waals surface area contributed by atoms with Gasteiger partial charge in [-0.25, -0.2) is 0 Å². The highest BCUT2D eigenvalue weighted by atomic mass is 16.5. The average Bonchev–Trinajstić information content (AvgIpc) is 2.66. The number of aliphatic hydroxyl groups is 1. The summed E-state index contributed by atoms with van der Waals surface area (Å²) in [5.41, 5.74) is 1.17. The van der Waals surface area contributed by atoms with Crippen molar-refractivity contribution < 1.29 is 19.3 Å². The molecule has 0 saturated heterocycles. The minimum Gasteiger partial charge on any atom is -0.491 e. The normalized spacial score (nSPS) is 12.2. The Bertz CT molecular complexity index is 603. The van der Waals surface area contributed by atoms with E-state index in [0.29, 0.717) is 26.4 Å². The molecular weight excluding hydrogens is 330 g/mol. The van der Waals surface area contributed by atoms with Gasteiger partial charge in [-0.15, -0.1) is 0 Å². The van der Waals surface area contributed by atoms with Crippen molar-refractivity contribution in [2.75, 3.05) is 40.0 Å². The highest BCUT2D eigenvalue weighted by Crippen LogP contribution is 2.14. The summed E-state index contributed by atoms with van der Waals surface area (Å²) < 4.78 is 16.4. The number of aliphatic hydroxyl groups excluding tert-OH is 1. The predicted octanol–water partition coefficient (Wildman–Crippen LogP) is 2.97. The lowest BCUT2D eigenvalue weighted by Crippen LogP contribution is -2.32. The molecule has 1 N–H and O–H groups in total. The van der Waals surface area contributed by atoms with Crippen LogP contribution in [-0.2, 0) is 11.3 Å². The molecule has 0 fully saturated rings. The van der Waals surface area contributed by atoms with Gasteiger partial charge in [0.25, 0.3) is 0 Å². The Morgan fingerprint density at radius 2 is 1.62 bits per heavy atom. The minimum absolute atomic E-state index is 0.279. The number of ether oxygens (including phenoxy) is 3. The summed E-state index contributed by atoms with van der Waals surface area (Å²) in [7, 11) is 1.98. The lowest BCUT2D eigenvalue weighted by atomic mass is 10.2. The van der Waals surface area contributed by atoms with E-state index in [2.05, 4.69) is 4.90 Å². The first kappa shape index (κ1) is 20.2. The Balaban J connectivity index is 1.68. The number of rotatable bonds is 12. The molecule has 5 nitrogen and oxygen atoms in total. The van der Waals surface area contributed by atoms with Gasteiger partial charge in [0.2, 0.25) is 0 Å². The molecule has 0 aliphatic rings. The van der Waals surface area contributed by atoms with Gasteiger partial charge in [-0.3, -0.25) is 4.90 Å². The van der Waals surface area contributed by atoms with Crippen LogP contribution in [0.1, 0.15) is 12.5 Å². The molecule has 142 valence electrons. The molecule has 5 heteroatoms. The van der Waals surface area contributed by atoms with Crippen molar-refractivity contribution in [3.8, 4) is 11.5 Å². The van der Waals surface area contributed by atoms with Gasteiger partial charge in [0.05, 0.1) is 6.61 Å². The Morgan fingerprint density at radius 3 is 2.31 bits per heavy atom. The van der Waals surface area contributed by atoms with Gasteiger partial charge < -0.3 is 19.3 Å². The molecule has 0 bridgehead atoms. The second kappa shape index (κ2) is 11.5. The molecule has 2 aromatic rings. The molecule has 2 aromatic carbocycles. The van der Waals surface area contributed by atoms with Crippen LogP contribution in [0.5, 0.6) is 11.5 Å². The van der Waals surface area contributed by atoms with E-state index in [9.17, 15) is 5.11 Å². The Labute approximate surface area is 156 Å². The van der Waals surface area contributed by atoms with Crippen molar-refractivity contribution in [1.29, 1.82) is 0 Å². The minimum atomic E-state index is -0.540. The van der Waals surface area contributed by atoms with Crippen molar-refractivity contribution in [1.82, 2.24) is 4.90 Å².